The minimum absolute atomic E-state index is 0.00726. The van der Waals surface area contributed by atoms with E-state index in [4.69, 9.17) is 4.74 Å². The van der Waals surface area contributed by atoms with Gasteiger partial charge in [-0.25, -0.2) is 9.37 Å². The van der Waals surface area contributed by atoms with Gasteiger partial charge in [-0.3, -0.25) is 4.79 Å². The van der Waals surface area contributed by atoms with Crippen LogP contribution in [0.25, 0.3) is 0 Å². The monoisotopic (exact) mass is 502 g/mol. The number of carbonyl (C=O) groups excluding carboxylic acids is 1. The molecule has 1 aromatic heterocycles. The first-order chi connectivity index (χ1) is 15.4. The fourth-order valence-corrected chi connectivity index (χ4v) is 5.12. The van der Waals surface area contributed by atoms with E-state index in [0.717, 1.165) is 23.2 Å². The Morgan fingerprint density at radius 3 is 2.66 bits per heavy atom. The van der Waals surface area contributed by atoms with E-state index in [1.807, 2.05) is 30.0 Å². The van der Waals surface area contributed by atoms with Crippen molar-refractivity contribution < 1.29 is 13.9 Å². The summed E-state index contributed by atoms with van der Waals surface area (Å²) in [5.74, 6) is -0.0434. The molecule has 32 heavy (non-hydrogen) atoms. The maximum absolute atomic E-state index is 14.5. The third-order valence-corrected chi connectivity index (χ3v) is 7.43. The lowest BCUT2D eigenvalue weighted by atomic mass is 9.93. The lowest BCUT2D eigenvalue weighted by Crippen LogP contribution is -2.42. The molecule has 2 aromatic rings. The first-order valence-corrected chi connectivity index (χ1v) is 12.1. The van der Waals surface area contributed by atoms with Crippen molar-refractivity contribution in [2.75, 3.05) is 47.9 Å². The van der Waals surface area contributed by atoms with Crippen molar-refractivity contribution >= 4 is 39.2 Å². The second-order valence-electron chi connectivity index (χ2n) is 9.23. The fourth-order valence-electron chi connectivity index (χ4n) is 4.77. The van der Waals surface area contributed by atoms with Crippen LogP contribution in [-0.4, -0.2) is 49.8 Å². The highest BCUT2D eigenvalue weighted by atomic mass is 79.9. The largest absolute Gasteiger partial charge is 0.375 e. The van der Waals surface area contributed by atoms with Crippen molar-refractivity contribution in [2.45, 2.75) is 38.7 Å². The van der Waals surface area contributed by atoms with E-state index in [-0.39, 0.29) is 17.8 Å². The molecule has 0 bridgehead atoms. The summed E-state index contributed by atoms with van der Waals surface area (Å²) in [5, 5.41) is 2.89. The molecule has 3 fully saturated rings. The van der Waals surface area contributed by atoms with Gasteiger partial charge >= 0.3 is 0 Å². The zero-order valence-corrected chi connectivity index (χ0v) is 19.8. The van der Waals surface area contributed by atoms with Crippen LogP contribution < -0.4 is 15.1 Å². The van der Waals surface area contributed by atoms with Crippen molar-refractivity contribution in [1.29, 1.82) is 0 Å². The molecule has 1 spiro atoms. The first-order valence-electron chi connectivity index (χ1n) is 11.3. The summed E-state index contributed by atoms with van der Waals surface area (Å²) in [5.41, 5.74) is 2.10. The number of hydrogen-bond acceptors (Lipinski definition) is 5. The Morgan fingerprint density at radius 2 is 1.94 bits per heavy atom. The van der Waals surface area contributed by atoms with Crippen LogP contribution in [0.1, 0.15) is 43.0 Å². The Hall–Kier alpha value is -2.19. The van der Waals surface area contributed by atoms with Gasteiger partial charge in [-0.1, -0.05) is 15.9 Å². The SMILES string of the molecule is C[C@@H]1CN(c2nc(NC(=O)c3ccc(Br)cc3N3CCC4(CC3)CC4)ccc2F)CCO1. The van der Waals surface area contributed by atoms with Gasteiger partial charge in [0.15, 0.2) is 11.6 Å². The highest BCUT2D eigenvalue weighted by molar-refractivity contribution is 9.10. The molecule has 1 atom stereocenters. The standard InChI is InChI=1S/C24H28BrFN4O2/c1-16-15-30(12-13-32-16)22-19(26)4-5-21(27-22)28-23(31)18-3-2-17(25)14-20(18)29-10-8-24(6-7-24)9-11-29/h2-5,14,16H,6-13,15H2,1H3,(H,27,28,31)/t16-/m1/s1. The fraction of sp³-hybridized carbons (Fsp3) is 0.500. The molecule has 3 aliphatic rings. The molecule has 5 rings (SSSR count). The molecule has 1 N–H and O–H groups in total. The van der Waals surface area contributed by atoms with Crippen LogP contribution in [0.15, 0.2) is 34.8 Å². The van der Waals surface area contributed by atoms with E-state index in [1.54, 1.807) is 0 Å². The van der Waals surface area contributed by atoms with Gasteiger partial charge in [-0.05, 0) is 68.4 Å². The van der Waals surface area contributed by atoms with Crippen molar-refractivity contribution in [3.63, 3.8) is 0 Å². The number of ether oxygens (including phenoxy) is 1. The predicted molar refractivity (Wildman–Crippen MR) is 127 cm³/mol. The van der Waals surface area contributed by atoms with Gasteiger partial charge in [0.25, 0.3) is 5.91 Å². The van der Waals surface area contributed by atoms with Crippen molar-refractivity contribution in [1.82, 2.24) is 4.98 Å². The lowest BCUT2D eigenvalue weighted by molar-refractivity contribution is 0.0527. The normalized spacial score (nSPS) is 22.2. The second-order valence-corrected chi connectivity index (χ2v) is 10.1. The highest BCUT2D eigenvalue weighted by Gasteiger charge is 2.44. The number of nitrogens with one attached hydrogen (secondary N) is 1. The Morgan fingerprint density at radius 1 is 1.16 bits per heavy atom. The van der Waals surface area contributed by atoms with Crippen LogP contribution in [-0.2, 0) is 4.74 Å². The van der Waals surface area contributed by atoms with E-state index in [0.29, 0.717) is 36.5 Å². The number of carbonyl (C=O) groups is 1. The second kappa shape index (κ2) is 8.63. The van der Waals surface area contributed by atoms with Crippen LogP contribution in [0.3, 0.4) is 0 Å². The number of aromatic nitrogens is 1. The topological polar surface area (TPSA) is 57.7 Å². The van der Waals surface area contributed by atoms with E-state index in [1.165, 1.54) is 37.8 Å². The number of piperidine rings is 1. The predicted octanol–water partition coefficient (Wildman–Crippen LogP) is 4.84. The van der Waals surface area contributed by atoms with Gasteiger partial charge in [0.2, 0.25) is 0 Å². The highest BCUT2D eigenvalue weighted by Crippen LogP contribution is 2.54. The molecule has 1 aliphatic carbocycles. The maximum atomic E-state index is 14.5. The molecular formula is C24H28BrFN4O2. The molecule has 0 radical (unpaired) electrons. The van der Waals surface area contributed by atoms with Gasteiger partial charge in [0.1, 0.15) is 5.82 Å². The number of nitrogens with zero attached hydrogens (tertiary/aromatic N) is 3. The molecule has 3 heterocycles. The van der Waals surface area contributed by atoms with Crippen LogP contribution >= 0.6 is 15.9 Å². The summed E-state index contributed by atoms with van der Waals surface area (Å²) in [4.78, 5) is 21.8. The molecule has 1 amide bonds. The number of benzene rings is 1. The Bertz CT molecular complexity index is 1020. The van der Waals surface area contributed by atoms with Crippen molar-refractivity contribution in [3.8, 4) is 0 Å². The Kier molecular flexibility index (Phi) is 5.84. The number of morpholine rings is 1. The molecule has 0 unspecified atom stereocenters. The molecule has 8 heteroatoms. The third kappa shape index (κ3) is 4.48. The van der Waals surface area contributed by atoms with E-state index >= 15 is 0 Å². The number of rotatable bonds is 4. The summed E-state index contributed by atoms with van der Waals surface area (Å²) < 4.78 is 21.0. The van der Waals surface area contributed by atoms with Gasteiger partial charge in [-0.15, -0.1) is 0 Å². The number of pyridine rings is 1. The van der Waals surface area contributed by atoms with Gasteiger partial charge in [0.05, 0.1) is 24.0 Å². The molecule has 6 nitrogen and oxygen atoms in total. The minimum Gasteiger partial charge on any atom is -0.375 e. The summed E-state index contributed by atoms with van der Waals surface area (Å²) in [7, 11) is 0. The lowest BCUT2D eigenvalue weighted by Gasteiger charge is -2.35. The third-order valence-electron chi connectivity index (χ3n) is 6.94. The van der Waals surface area contributed by atoms with Crippen LogP contribution in [0.5, 0.6) is 0 Å². The summed E-state index contributed by atoms with van der Waals surface area (Å²) in [6, 6.07) is 8.60. The molecule has 2 saturated heterocycles. The number of halogens is 2. The summed E-state index contributed by atoms with van der Waals surface area (Å²) in [6.07, 6.45) is 5.05. The Balaban J connectivity index is 1.35. The molecule has 1 saturated carbocycles. The van der Waals surface area contributed by atoms with Crippen molar-refractivity contribution in [3.05, 3.63) is 46.2 Å². The molecule has 2 aliphatic heterocycles. The maximum Gasteiger partial charge on any atom is 0.258 e. The minimum atomic E-state index is -0.399. The molecule has 1 aromatic carbocycles. The van der Waals surface area contributed by atoms with E-state index in [9.17, 15) is 9.18 Å². The number of amides is 1. The summed E-state index contributed by atoms with van der Waals surface area (Å²) >= 11 is 3.55. The zero-order chi connectivity index (χ0) is 22.3. The van der Waals surface area contributed by atoms with Crippen LogP contribution in [0.2, 0.25) is 0 Å². The smallest absolute Gasteiger partial charge is 0.258 e. The first kappa shape index (κ1) is 21.6. The average molecular weight is 503 g/mol. The van der Waals surface area contributed by atoms with Gasteiger partial charge in [-0.2, -0.15) is 0 Å². The zero-order valence-electron chi connectivity index (χ0n) is 18.2. The summed E-state index contributed by atoms with van der Waals surface area (Å²) in [6.45, 7) is 5.54. The van der Waals surface area contributed by atoms with E-state index < -0.39 is 5.82 Å². The molecule has 170 valence electrons. The quantitative estimate of drug-likeness (QED) is 0.647. The van der Waals surface area contributed by atoms with Crippen LogP contribution in [0, 0.1) is 11.2 Å². The Labute approximate surface area is 196 Å². The van der Waals surface area contributed by atoms with Gasteiger partial charge < -0.3 is 19.9 Å². The molecular weight excluding hydrogens is 475 g/mol. The van der Waals surface area contributed by atoms with E-state index in [2.05, 4.69) is 31.1 Å². The van der Waals surface area contributed by atoms with Crippen molar-refractivity contribution in [2.24, 2.45) is 5.41 Å². The number of anilines is 3. The van der Waals surface area contributed by atoms with Crippen LogP contribution in [0.4, 0.5) is 21.7 Å². The van der Waals surface area contributed by atoms with Gasteiger partial charge in [0, 0.05) is 30.7 Å². The average Bonchev–Trinajstić information content (AvgIpc) is 3.54. The number of hydrogen-bond donors (Lipinski definition) is 1.